The number of nitrogens with two attached hydrogens (primary N) is 1. The lowest BCUT2D eigenvalue weighted by Crippen LogP contribution is -3.00. The third-order valence-corrected chi connectivity index (χ3v) is 11.0. The number of nitrogens with zero attached hydrogens (tertiary/aromatic N) is 1. The van der Waals surface area contributed by atoms with Gasteiger partial charge in [0.15, 0.2) is 5.79 Å². The van der Waals surface area contributed by atoms with Gasteiger partial charge in [0.25, 0.3) is 0 Å². The first-order valence-corrected chi connectivity index (χ1v) is 22.2. The lowest BCUT2D eigenvalue weighted by Gasteiger charge is -2.46. The molecule has 0 radical (unpaired) electrons. The van der Waals surface area contributed by atoms with Gasteiger partial charge in [-0.25, -0.2) is 0 Å². The van der Waals surface area contributed by atoms with Gasteiger partial charge in [0.2, 0.25) is 0 Å². The number of ether oxygens (including phenoxy) is 2. The van der Waals surface area contributed by atoms with Crippen LogP contribution in [-0.2, 0) is 9.47 Å². The summed E-state index contributed by atoms with van der Waals surface area (Å²) < 4.78 is 14.4. The standard InChI is InChI=1S/C45H89N2O2.BrH/c1-4-6-8-10-12-14-16-18-20-22-24-26-28-30-32-34-43-48-45(37-41-47(3,42-38-45)40-36-39-46)49-44-35-33-31-29-27-25-23-21-19-17-15-13-11-9-7-5-2;/h18-21H,4-17,22-44,46H2,1-3H3;1H/q+1;/p-1/b20-18-,21-19-;. The molecule has 1 fully saturated rings. The Balaban J connectivity index is 0.0000240. The number of allylic oxidation sites excluding steroid dienone is 4. The molecule has 1 aliphatic heterocycles. The molecule has 1 aliphatic rings. The summed E-state index contributed by atoms with van der Waals surface area (Å²) in [5.74, 6) is -0.357. The van der Waals surface area contributed by atoms with Crippen LogP contribution in [0.1, 0.15) is 213 Å². The number of halogens is 1. The van der Waals surface area contributed by atoms with Crippen molar-refractivity contribution >= 4 is 0 Å². The number of hydrogen-bond donors (Lipinski definition) is 1. The van der Waals surface area contributed by atoms with Crippen LogP contribution in [0.25, 0.3) is 0 Å². The molecule has 5 heteroatoms. The van der Waals surface area contributed by atoms with Crippen molar-refractivity contribution in [3.05, 3.63) is 24.3 Å². The first-order chi connectivity index (χ1) is 24.1. The zero-order chi connectivity index (χ0) is 35.4. The summed E-state index contributed by atoms with van der Waals surface area (Å²) in [5, 5.41) is 0. The van der Waals surface area contributed by atoms with E-state index >= 15 is 0 Å². The highest BCUT2D eigenvalue weighted by Crippen LogP contribution is 2.32. The van der Waals surface area contributed by atoms with Crippen LogP contribution in [0, 0.1) is 0 Å². The Bertz CT molecular complexity index is 689. The highest BCUT2D eigenvalue weighted by molar-refractivity contribution is 4.82. The fraction of sp³-hybridized carbons (Fsp3) is 0.911. The van der Waals surface area contributed by atoms with Crippen LogP contribution in [0.3, 0.4) is 0 Å². The molecule has 4 nitrogen and oxygen atoms in total. The van der Waals surface area contributed by atoms with Crippen LogP contribution in [-0.4, -0.2) is 56.7 Å². The van der Waals surface area contributed by atoms with Crippen LogP contribution in [0.2, 0.25) is 0 Å². The van der Waals surface area contributed by atoms with Gasteiger partial charge in [-0.05, 0) is 70.8 Å². The number of hydrogen-bond acceptors (Lipinski definition) is 3. The minimum absolute atomic E-state index is 0. The predicted octanol–water partition coefficient (Wildman–Crippen LogP) is 10.4. The van der Waals surface area contributed by atoms with E-state index in [0.29, 0.717) is 0 Å². The smallest absolute Gasteiger partial charge is 0.178 e. The van der Waals surface area contributed by atoms with Crippen LogP contribution >= 0.6 is 0 Å². The molecule has 0 bridgehead atoms. The molecule has 0 spiro atoms. The quantitative estimate of drug-likeness (QED) is 0.0296. The van der Waals surface area contributed by atoms with E-state index in [2.05, 4.69) is 45.2 Å². The average molecular weight is 770 g/mol. The second-order valence-electron chi connectivity index (χ2n) is 15.9. The van der Waals surface area contributed by atoms with Gasteiger partial charge in [-0.1, -0.05) is 154 Å². The maximum absolute atomic E-state index is 6.64. The van der Waals surface area contributed by atoms with E-state index in [0.717, 1.165) is 69.4 Å². The lowest BCUT2D eigenvalue weighted by molar-refractivity contribution is -0.918. The van der Waals surface area contributed by atoms with E-state index in [-0.39, 0.29) is 22.8 Å². The summed E-state index contributed by atoms with van der Waals surface area (Å²) in [7, 11) is 2.40. The fourth-order valence-corrected chi connectivity index (χ4v) is 7.36. The first-order valence-electron chi connectivity index (χ1n) is 22.2. The molecule has 0 aromatic heterocycles. The Morgan fingerprint density at radius 2 is 0.800 bits per heavy atom. The van der Waals surface area contributed by atoms with Crippen LogP contribution in [0.5, 0.6) is 0 Å². The molecule has 1 rings (SSSR count). The largest absolute Gasteiger partial charge is 1.00 e. The fourth-order valence-electron chi connectivity index (χ4n) is 7.36. The van der Waals surface area contributed by atoms with Crippen molar-refractivity contribution in [2.45, 2.75) is 219 Å². The molecule has 0 saturated carbocycles. The molecule has 0 amide bonds. The number of rotatable bonds is 37. The van der Waals surface area contributed by atoms with Crippen molar-refractivity contribution < 1.29 is 30.9 Å². The summed E-state index contributed by atoms with van der Waals surface area (Å²) in [5.41, 5.74) is 5.85. The van der Waals surface area contributed by atoms with Crippen molar-refractivity contribution in [2.75, 3.05) is 46.4 Å². The third kappa shape index (κ3) is 30.3. The van der Waals surface area contributed by atoms with Crippen LogP contribution < -0.4 is 22.7 Å². The van der Waals surface area contributed by atoms with E-state index in [1.54, 1.807) is 0 Å². The van der Waals surface area contributed by atoms with Crippen LogP contribution in [0.4, 0.5) is 0 Å². The second-order valence-corrected chi connectivity index (χ2v) is 15.9. The van der Waals surface area contributed by atoms with Crippen molar-refractivity contribution in [3.8, 4) is 0 Å². The van der Waals surface area contributed by atoms with Crippen molar-refractivity contribution in [3.63, 3.8) is 0 Å². The normalized spacial score (nSPS) is 15.7. The van der Waals surface area contributed by atoms with E-state index in [1.165, 1.54) is 173 Å². The molecule has 2 N–H and O–H groups in total. The van der Waals surface area contributed by atoms with Crippen molar-refractivity contribution in [2.24, 2.45) is 5.73 Å². The predicted molar refractivity (Wildman–Crippen MR) is 217 cm³/mol. The van der Waals surface area contributed by atoms with E-state index < -0.39 is 0 Å². The molecule has 0 aliphatic carbocycles. The Labute approximate surface area is 324 Å². The molecule has 298 valence electrons. The SMILES string of the molecule is CCCCCCCC/C=C\CCCCCCCCOC1(OCCCCCCCC/C=C\CCCCCCCC)CC[N+](C)(CCCN)CC1.[Br-]. The monoisotopic (exact) mass is 769 g/mol. The summed E-state index contributed by atoms with van der Waals surface area (Å²) >= 11 is 0. The highest BCUT2D eigenvalue weighted by atomic mass is 79.9. The maximum atomic E-state index is 6.64. The van der Waals surface area contributed by atoms with Gasteiger partial charge >= 0.3 is 0 Å². The summed E-state index contributed by atoms with van der Waals surface area (Å²) in [4.78, 5) is 0. The Morgan fingerprint density at radius 3 is 1.14 bits per heavy atom. The topological polar surface area (TPSA) is 44.5 Å². The molecule has 50 heavy (non-hydrogen) atoms. The van der Waals surface area contributed by atoms with Gasteiger partial charge in [-0.3, -0.25) is 0 Å². The molecule has 1 saturated heterocycles. The number of likely N-dealkylation sites (tertiary alicyclic amines) is 1. The summed E-state index contributed by atoms with van der Waals surface area (Å²) in [6.07, 6.45) is 50.4. The van der Waals surface area contributed by atoms with Crippen molar-refractivity contribution in [1.29, 1.82) is 0 Å². The van der Waals surface area contributed by atoms with Gasteiger partial charge in [-0.15, -0.1) is 0 Å². The van der Waals surface area contributed by atoms with Crippen LogP contribution in [0.15, 0.2) is 24.3 Å². The highest BCUT2D eigenvalue weighted by Gasteiger charge is 2.42. The van der Waals surface area contributed by atoms with Gasteiger partial charge in [-0.2, -0.15) is 0 Å². The third-order valence-electron chi connectivity index (χ3n) is 11.0. The number of quaternary nitrogens is 1. The van der Waals surface area contributed by atoms with E-state index in [9.17, 15) is 0 Å². The molecule has 0 unspecified atom stereocenters. The Kier molecular flexibility index (Phi) is 37.0. The Morgan fingerprint density at radius 1 is 0.480 bits per heavy atom. The second kappa shape index (κ2) is 37.1. The summed E-state index contributed by atoms with van der Waals surface area (Å²) in [6.45, 7) is 10.5. The maximum Gasteiger partial charge on any atom is 0.178 e. The average Bonchev–Trinajstić information content (AvgIpc) is 3.11. The molecule has 1 heterocycles. The summed E-state index contributed by atoms with van der Waals surface area (Å²) in [6, 6.07) is 0. The van der Waals surface area contributed by atoms with Gasteiger partial charge in [0.1, 0.15) is 0 Å². The van der Waals surface area contributed by atoms with E-state index in [4.69, 9.17) is 15.2 Å². The Hall–Kier alpha value is -0.200. The minimum atomic E-state index is -0.357. The lowest BCUT2D eigenvalue weighted by atomic mass is 10.0. The van der Waals surface area contributed by atoms with Crippen molar-refractivity contribution in [1.82, 2.24) is 0 Å². The van der Waals surface area contributed by atoms with Gasteiger partial charge in [0.05, 0.1) is 52.7 Å². The van der Waals surface area contributed by atoms with E-state index in [1.807, 2.05) is 0 Å². The molecular weight excluding hydrogens is 680 g/mol. The first kappa shape index (κ1) is 49.8. The minimum Gasteiger partial charge on any atom is -1.00 e. The molecule has 0 atom stereocenters. The zero-order valence-electron chi connectivity index (χ0n) is 34.2. The van der Waals surface area contributed by atoms with Gasteiger partial charge in [0, 0.05) is 6.42 Å². The number of piperidine rings is 1. The van der Waals surface area contributed by atoms with Gasteiger partial charge < -0.3 is 36.7 Å². The molecule has 0 aromatic rings. The molecular formula is C45H89BrN2O2. The zero-order valence-corrected chi connectivity index (χ0v) is 35.8. The number of unbranched alkanes of at least 4 members (excludes halogenated alkanes) is 24. The molecule has 0 aromatic carbocycles.